The van der Waals surface area contributed by atoms with Crippen molar-refractivity contribution < 1.29 is 13.2 Å². The lowest BCUT2D eigenvalue weighted by molar-refractivity contribution is -0.126. The van der Waals surface area contributed by atoms with Gasteiger partial charge >= 0.3 is 0 Å². The molecule has 23 heavy (non-hydrogen) atoms. The number of carbonyl (C=O) groups is 1. The Morgan fingerprint density at radius 3 is 2.30 bits per heavy atom. The zero-order chi connectivity index (χ0) is 16.9. The summed E-state index contributed by atoms with van der Waals surface area (Å²) in [5.74, 6) is -0.0400. The first-order chi connectivity index (χ1) is 11.0. The monoisotopic (exact) mass is 338 g/mol. The SMILES string of the molecule is CCCc1ccc(S(=O)(=O)N2CCC(C(=O)NCC)CC2)cc1. The normalized spacial score (nSPS) is 17.1. The molecule has 1 aliphatic heterocycles. The fraction of sp³-hybridized carbons (Fsp3) is 0.588. The molecule has 1 fully saturated rings. The minimum atomic E-state index is -3.45. The molecule has 0 unspecified atom stereocenters. The summed E-state index contributed by atoms with van der Waals surface area (Å²) in [7, 11) is -3.45. The molecule has 0 aliphatic carbocycles. The van der Waals surface area contributed by atoms with E-state index in [1.807, 2.05) is 19.1 Å². The average molecular weight is 338 g/mol. The minimum Gasteiger partial charge on any atom is -0.356 e. The van der Waals surface area contributed by atoms with Crippen LogP contribution < -0.4 is 5.32 Å². The van der Waals surface area contributed by atoms with Crippen molar-refractivity contribution in [3.8, 4) is 0 Å². The predicted molar refractivity (Wildman–Crippen MR) is 90.6 cm³/mol. The van der Waals surface area contributed by atoms with Gasteiger partial charge in [0, 0.05) is 25.6 Å². The Hall–Kier alpha value is -1.40. The number of carbonyl (C=O) groups excluding carboxylic acids is 1. The molecule has 2 rings (SSSR count). The average Bonchev–Trinajstić information content (AvgIpc) is 2.56. The van der Waals surface area contributed by atoms with E-state index in [0.29, 0.717) is 37.4 Å². The number of nitrogens with one attached hydrogen (secondary N) is 1. The van der Waals surface area contributed by atoms with Gasteiger partial charge in [0.05, 0.1) is 4.90 Å². The number of aryl methyl sites for hydroxylation is 1. The van der Waals surface area contributed by atoms with E-state index in [0.717, 1.165) is 18.4 Å². The van der Waals surface area contributed by atoms with Gasteiger partial charge in [-0.2, -0.15) is 4.31 Å². The molecule has 5 nitrogen and oxygen atoms in total. The van der Waals surface area contributed by atoms with Crippen molar-refractivity contribution in [3.63, 3.8) is 0 Å². The summed E-state index contributed by atoms with van der Waals surface area (Å²) in [6.45, 7) is 5.41. The largest absolute Gasteiger partial charge is 0.356 e. The molecule has 1 N–H and O–H groups in total. The third kappa shape index (κ3) is 4.32. The second kappa shape index (κ2) is 7.93. The molecule has 1 amide bonds. The minimum absolute atomic E-state index is 0.0356. The summed E-state index contributed by atoms with van der Waals surface area (Å²) >= 11 is 0. The van der Waals surface area contributed by atoms with E-state index in [-0.39, 0.29) is 11.8 Å². The van der Waals surface area contributed by atoms with Crippen molar-refractivity contribution >= 4 is 15.9 Å². The quantitative estimate of drug-likeness (QED) is 0.864. The molecule has 1 aromatic carbocycles. The van der Waals surface area contributed by atoms with Crippen LogP contribution in [-0.2, 0) is 21.2 Å². The second-order valence-corrected chi connectivity index (χ2v) is 7.90. The highest BCUT2D eigenvalue weighted by Gasteiger charge is 2.31. The van der Waals surface area contributed by atoms with E-state index in [1.165, 1.54) is 4.31 Å². The lowest BCUT2D eigenvalue weighted by Gasteiger charge is -2.30. The highest BCUT2D eigenvalue weighted by atomic mass is 32.2. The van der Waals surface area contributed by atoms with Gasteiger partial charge in [0.25, 0.3) is 0 Å². The highest BCUT2D eigenvalue weighted by Crippen LogP contribution is 2.24. The number of nitrogens with zero attached hydrogens (tertiary/aromatic N) is 1. The first-order valence-electron chi connectivity index (χ1n) is 8.35. The highest BCUT2D eigenvalue weighted by molar-refractivity contribution is 7.89. The number of rotatable bonds is 6. The predicted octanol–water partition coefficient (Wildman–Crippen LogP) is 2.18. The molecule has 0 bridgehead atoms. The molecule has 6 heteroatoms. The van der Waals surface area contributed by atoms with Crippen LogP contribution in [-0.4, -0.2) is 38.3 Å². The Morgan fingerprint density at radius 2 is 1.78 bits per heavy atom. The number of hydrogen-bond acceptors (Lipinski definition) is 3. The molecule has 0 saturated carbocycles. The van der Waals surface area contributed by atoms with Gasteiger partial charge in [-0.25, -0.2) is 8.42 Å². The van der Waals surface area contributed by atoms with Crippen LogP contribution in [0.2, 0.25) is 0 Å². The number of amides is 1. The Labute approximate surface area is 139 Å². The van der Waals surface area contributed by atoms with Crippen LogP contribution in [0.25, 0.3) is 0 Å². The fourth-order valence-corrected chi connectivity index (χ4v) is 4.41. The molecule has 0 atom stereocenters. The molecule has 0 spiro atoms. The molecular weight excluding hydrogens is 312 g/mol. The zero-order valence-electron chi connectivity index (χ0n) is 13.9. The molecule has 0 aromatic heterocycles. The third-order valence-electron chi connectivity index (χ3n) is 4.28. The van der Waals surface area contributed by atoms with Gasteiger partial charge in [-0.3, -0.25) is 4.79 Å². The van der Waals surface area contributed by atoms with Gasteiger partial charge in [0.1, 0.15) is 0 Å². The summed E-state index contributed by atoms with van der Waals surface area (Å²) in [4.78, 5) is 12.2. The van der Waals surface area contributed by atoms with Gasteiger partial charge in [0.2, 0.25) is 15.9 Å². The van der Waals surface area contributed by atoms with Gasteiger partial charge < -0.3 is 5.32 Å². The molecule has 128 valence electrons. The van der Waals surface area contributed by atoms with E-state index >= 15 is 0 Å². The Bertz CT molecular complexity index is 618. The Morgan fingerprint density at radius 1 is 1.17 bits per heavy atom. The van der Waals surface area contributed by atoms with Crippen LogP contribution in [0, 0.1) is 5.92 Å². The maximum atomic E-state index is 12.7. The van der Waals surface area contributed by atoms with Crippen molar-refractivity contribution in [2.45, 2.75) is 44.4 Å². The number of piperidine rings is 1. The first-order valence-corrected chi connectivity index (χ1v) is 9.79. The fourth-order valence-electron chi connectivity index (χ4n) is 2.94. The molecule has 0 radical (unpaired) electrons. The maximum absolute atomic E-state index is 12.7. The summed E-state index contributed by atoms with van der Waals surface area (Å²) < 4.78 is 26.9. The van der Waals surface area contributed by atoms with Gasteiger partial charge in [0.15, 0.2) is 0 Å². The molecular formula is C17H26N2O3S. The Kier molecular flexibility index (Phi) is 6.18. The van der Waals surface area contributed by atoms with Gasteiger partial charge in [-0.1, -0.05) is 25.5 Å². The van der Waals surface area contributed by atoms with Crippen LogP contribution in [0.15, 0.2) is 29.2 Å². The van der Waals surface area contributed by atoms with E-state index < -0.39 is 10.0 Å². The van der Waals surface area contributed by atoms with Crippen LogP contribution >= 0.6 is 0 Å². The standard InChI is InChI=1S/C17H26N2O3S/c1-3-5-14-6-8-16(9-7-14)23(21,22)19-12-10-15(11-13-19)17(20)18-4-2/h6-9,15H,3-5,10-13H2,1-2H3,(H,18,20). The van der Waals surface area contributed by atoms with Crippen LogP contribution in [0.3, 0.4) is 0 Å². The first kappa shape index (κ1) is 17.9. The number of sulfonamides is 1. The molecule has 1 saturated heterocycles. The topological polar surface area (TPSA) is 66.5 Å². The summed E-state index contributed by atoms with van der Waals surface area (Å²) in [5.41, 5.74) is 1.15. The van der Waals surface area contributed by atoms with Crippen molar-refractivity contribution in [1.29, 1.82) is 0 Å². The van der Waals surface area contributed by atoms with Gasteiger partial charge in [-0.05, 0) is 43.9 Å². The van der Waals surface area contributed by atoms with E-state index in [2.05, 4.69) is 12.2 Å². The van der Waals surface area contributed by atoms with E-state index in [1.54, 1.807) is 12.1 Å². The number of hydrogen-bond donors (Lipinski definition) is 1. The summed E-state index contributed by atoms with van der Waals surface area (Å²) in [6, 6.07) is 7.15. The lowest BCUT2D eigenvalue weighted by atomic mass is 9.97. The molecule has 1 heterocycles. The van der Waals surface area contributed by atoms with Crippen molar-refractivity contribution in [2.75, 3.05) is 19.6 Å². The van der Waals surface area contributed by atoms with Crippen LogP contribution in [0.5, 0.6) is 0 Å². The number of benzene rings is 1. The molecule has 1 aliphatic rings. The van der Waals surface area contributed by atoms with Crippen LogP contribution in [0.4, 0.5) is 0 Å². The maximum Gasteiger partial charge on any atom is 0.243 e. The van der Waals surface area contributed by atoms with E-state index in [9.17, 15) is 13.2 Å². The van der Waals surface area contributed by atoms with Crippen LogP contribution in [0.1, 0.15) is 38.7 Å². The second-order valence-electron chi connectivity index (χ2n) is 5.97. The van der Waals surface area contributed by atoms with E-state index in [4.69, 9.17) is 0 Å². The molecule has 1 aromatic rings. The Balaban J connectivity index is 2.02. The van der Waals surface area contributed by atoms with Crippen molar-refractivity contribution in [1.82, 2.24) is 9.62 Å². The zero-order valence-corrected chi connectivity index (χ0v) is 14.7. The van der Waals surface area contributed by atoms with Gasteiger partial charge in [-0.15, -0.1) is 0 Å². The van der Waals surface area contributed by atoms with Crippen molar-refractivity contribution in [3.05, 3.63) is 29.8 Å². The van der Waals surface area contributed by atoms with Crippen molar-refractivity contribution in [2.24, 2.45) is 5.92 Å². The smallest absolute Gasteiger partial charge is 0.243 e. The summed E-state index contributed by atoms with van der Waals surface area (Å²) in [6.07, 6.45) is 3.16. The lowest BCUT2D eigenvalue weighted by Crippen LogP contribution is -2.42. The third-order valence-corrected chi connectivity index (χ3v) is 6.19. The summed E-state index contributed by atoms with van der Waals surface area (Å²) in [5, 5.41) is 2.81.